The lowest BCUT2D eigenvalue weighted by Gasteiger charge is -2.13. The zero-order valence-electron chi connectivity index (χ0n) is 13.0. The van der Waals surface area contributed by atoms with E-state index in [0.29, 0.717) is 26.1 Å². The Morgan fingerprint density at radius 3 is 2.71 bits per heavy atom. The molecule has 9 heteroatoms. The molecule has 1 aliphatic rings. The number of aliphatic hydroxyl groups is 1. The zero-order chi connectivity index (χ0) is 15.4. The van der Waals surface area contributed by atoms with E-state index in [1.54, 1.807) is 11.0 Å². The first kappa shape index (κ1) is 20.4. The Kier molecular flexibility index (Phi) is 8.14. The Balaban J connectivity index is 0.00000144. The van der Waals surface area contributed by atoms with E-state index in [9.17, 15) is 9.90 Å². The SMILES string of the molecule is Cl.Cl.O=C(NCc1ccccc1Cn1cncn1)[C@H]1C[C@H](O)CN1. The average Bonchev–Trinajstić information content (AvgIpc) is 3.18. The number of rotatable bonds is 5. The number of aromatic nitrogens is 3. The molecule has 1 amide bonds. The van der Waals surface area contributed by atoms with Crippen LogP contribution in [0.25, 0.3) is 0 Å². The van der Waals surface area contributed by atoms with E-state index in [2.05, 4.69) is 20.7 Å². The van der Waals surface area contributed by atoms with Gasteiger partial charge in [0.1, 0.15) is 12.7 Å². The first-order valence-corrected chi connectivity index (χ1v) is 7.31. The Morgan fingerprint density at radius 1 is 1.33 bits per heavy atom. The summed E-state index contributed by atoms with van der Waals surface area (Å²) in [7, 11) is 0. The molecule has 0 bridgehead atoms. The van der Waals surface area contributed by atoms with Gasteiger partial charge < -0.3 is 15.7 Å². The van der Waals surface area contributed by atoms with Crippen LogP contribution in [0.3, 0.4) is 0 Å². The van der Waals surface area contributed by atoms with Crippen molar-refractivity contribution in [2.75, 3.05) is 6.54 Å². The summed E-state index contributed by atoms with van der Waals surface area (Å²) in [6.07, 6.45) is 3.20. The van der Waals surface area contributed by atoms with Crippen molar-refractivity contribution in [3.8, 4) is 0 Å². The van der Waals surface area contributed by atoms with Crippen LogP contribution in [0.15, 0.2) is 36.9 Å². The molecule has 2 aromatic rings. The second-order valence-electron chi connectivity index (χ2n) is 5.43. The van der Waals surface area contributed by atoms with Crippen LogP contribution in [0.1, 0.15) is 17.5 Å². The molecule has 24 heavy (non-hydrogen) atoms. The van der Waals surface area contributed by atoms with E-state index in [1.807, 2.05) is 24.3 Å². The van der Waals surface area contributed by atoms with Crippen LogP contribution < -0.4 is 10.6 Å². The minimum atomic E-state index is -0.435. The van der Waals surface area contributed by atoms with E-state index < -0.39 is 6.10 Å². The molecule has 0 spiro atoms. The molecule has 1 aromatic heterocycles. The second-order valence-corrected chi connectivity index (χ2v) is 5.43. The molecule has 3 rings (SSSR count). The average molecular weight is 374 g/mol. The summed E-state index contributed by atoms with van der Waals surface area (Å²) >= 11 is 0. The van der Waals surface area contributed by atoms with Gasteiger partial charge in [-0.05, 0) is 17.5 Å². The highest BCUT2D eigenvalue weighted by Gasteiger charge is 2.27. The molecule has 1 fully saturated rings. The van der Waals surface area contributed by atoms with E-state index in [0.717, 1.165) is 11.1 Å². The Hall–Kier alpha value is -1.67. The maximum atomic E-state index is 12.1. The van der Waals surface area contributed by atoms with Crippen LogP contribution >= 0.6 is 24.8 Å². The maximum absolute atomic E-state index is 12.1. The predicted octanol–water partition coefficient (Wildman–Crippen LogP) is 0.509. The monoisotopic (exact) mass is 373 g/mol. The molecule has 132 valence electrons. The molecule has 2 atom stereocenters. The van der Waals surface area contributed by atoms with Crippen LogP contribution in [0.2, 0.25) is 0 Å². The van der Waals surface area contributed by atoms with Crippen molar-refractivity contribution in [3.63, 3.8) is 0 Å². The Morgan fingerprint density at radius 2 is 2.08 bits per heavy atom. The lowest BCUT2D eigenvalue weighted by Crippen LogP contribution is -2.40. The normalized spacial score (nSPS) is 19.2. The fraction of sp³-hybridized carbons (Fsp3) is 0.400. The second kappa shape index (κ2) is 9.58. The van der Waals surface area contributed by atoms with Gasteiger partial charge in [0.15, 0.2) is 0 Å². The standard InChI is InChI=1S/C15H19N5O2.2ClH/c21-13-5-14(17-7-13)15(22)18-6-11-3-1-2-4-12(11)8-20-10-16-9-19-20;;/h1-4,9-10,13-14,17,21H,5-8H2,(H,18,22);2*1H/t13-,14+;;/m0../s1. The number of hydrogen-bond acceptors (Lipinski definition) is 5. The van der Waals surface area contributed by atoms with E-state index in [1.165, 1.54) is 6.33 Å². The molecule has 3 N–H and O–H groups in total. The van der Waals surface area contributed by atoms with Crippen molar-refractivity contribution in [1.82, 2.24) is 25.4 Å². The van der Waals surface area contributed by atoms with Crippen LogP contribution in [-0.2, 0) is 17.9 Å². The maximum Gasteiger partial charge on any atom is 0.237 e. The molecule has 1 saturated heterocycles. The van der Waals surface area contributed by atoms with Crippen molar-refractivity contribution in [2.45, 2.75) is 31.7 Å². The summed E-state index contributed by atoms with van der Waals surface area (Å²) < 4.78 is 1.75. The van der Waals surface area contributed by atoms with Crippen molar-refractivity contribution in [1.29, 1.82) is 0 Å². The van der Waals surface area contributed by atoms with Gasteiger partial charge in [-0.1, -0.05) is 24.3 Å². The van der Waals surface area contributed by atoms with Gasteiger partial charge in [-0.15, -0.1) is 24.8 Å². The molecule has 0 radical (unpaired) electrons. The molecule has 0 saturated carbocycles. The Bertz CT molecular complexity index is 639. The first-order valence-electron chi connectivity index (χ1n) is 7.31. The minimum Gasteiger partial charge on any atom is -0.392 e. The fourth-order valence-corrected chi connectivity index (χ4v) is 2.60. The fourth-order valence-electron chi connectivity index (χ4n) is 2.60. The molecule has 0 unspecified atom stereocenters. The number of halogens is 2. The lowest BCUT2D eigenvalue weighted by atomic mass is 10.1. The smallest absolute Gasteiger partial charge is 0.237 e. The quantitative estimate of drug-likeness (QED) is 0.709. The number of β-amino-alcohol motifs (C(OH)–C–C–N with tert-alkyl or cyclic N) is 1. The van der Waals surface area contributed by atoms with Crippen molar-refractivity contribution >= 4 is 30.7 Å². The molecule has 7 nitrogen and oxygen atoms in total. The lowest BCUT2D eigenvalue weighted by molar-refractivity contribution is -0.123. The van der Waals surface area contributed by atoms with Gasteiger partial charge in [-0.3, -0.25) is 4.79 Å². The number of hydrogen-bond donors (Lipinski definition) is 3. The topological polar surface area (TPSA) is 92.1 Å². The third-order valence-electron chi connectivity index (χ3n) is 3.79. The van der Waals surface area contributed by atoms with Gasteiger partial charge in [0, 0.05) is 13.1 Å². The summed E-state index contributed by atoms with van der Waals surface area (Å²) in [5, 5.41) is 19.5. The van der Waals surface area contributed by atoms with Gasteiger partial charge in [0.2, 0.25) is 5.91 Å². The summed E-state index contributed by atoms with van der Waals surface area (Å²) in [5.74, 6) is -0.0768. The van der Waals surface area contributed by atoms with E-state index in [-0.39, 0.29) is 36.8 Å². The van der Waals surface area contributed by atoms with Crippen LogP contribution in [0.5, 0.6) is 0 Å². The van der Waals surface area contributed by atoms with Crippen molar-refractivity contribution in [3.05, 3.63) is 48.0 Å². The number of amides is 1. The number of aliphatic hydroxyl groups excluding tert-OH is 1. The summed E-state index contributed by atoms with van der Waals surface area (Å²) in [5.41, 5.74) is 2.14. The van der Waals surface area contributed by atoms with Crippen molar-refractivity contribution in [2.24, 2.45) is 0 Å². The zero-order valence-corrected chi connectivity index (χ0v) is 14.6. The summed E-state index contributed by atoms with van der Waals surface area (Å²) in [6, 6.07) is 7.61. The highest BCUT2D eigenvalue weighted by Crippen LogP contribution is 2.11. The number of carbonyl (C=O) groups excluding carboxylic acids is 1. The van der Waals surface area contributed by atoms with Crippen LogP contribution in [-0.4, -0.2) is 44.5 Å². The van der Waals surface area contributed by atoms with Crippen LogP contribution in [0, 0.1) is 0 Å². The molecule has 1 aliphatic heterocycles. The van der Waals surface area contributed by atoms with Crippen LogP contribution in [0.4, 0.5) is 0 Å². The van der Waals surface area contributed by atoms with Gasteiger partial charge in [0.25, 0.3) is 0 Å². The molecular weight excluding hydrogens is 353 g/mol. The third-order valence-corrected chi connectivity index (χ3v) is 3.79. The van der Waals surface area contributed by atoms with Gasteiger partial charge in [-0.25, -0.2) is 9.67 Å². The third kappa shape index (κ3) is 5.17. The minimum absolute atomic E-state index is 0. The Labute approximate surface area is 152 Å². The van der Waals surface area contributed by atoms with E-state index in [4.69, 9.17) is 0 Å². The molecule has 1 aromatic carbocycles. The van der Waals surface area contributed by atoms with Gasteiger partial charge >= 0.3 is 0 Å². The number of nitrogens with zero attached hydrogens (tertiary/aromatic N) is 3. The number of nitrogens with one attached hydrogen (secondary N) is 2. The first-order chi connectivity index (χ1) is 10.7. The largest absolute Gasteiger partial charge is 0.392 e. The highest BCUT2D eigenvalue weighted by molar-refractivity contribution is 5.85. The molecule has 0 aliphatic carbocycles. The molecule has 2 heterocycles. The number of benzene rings is 1. The summed E-state index contributed by atoms with van der Waals surface area (Å²) in [6.45, 7) is 1.55. The van der Waals surface area contributed by atoms with E-state index >= 15 is 0 Å². The van der Waals surface area contributed by atoms with Gasteiger partial charge in [-0.2, -0.15) is 5.10 Å². The van der Waals surface area contributed by atoms with Gasteiger partial charge in [0.05, 0.1) is 18.7 Å². The summed E-state index contributed by atoms with van der Waals surface area (Å²) in [4.78, 5) is 16.0. The predicted molar refractivity (Wildman–Crippen MR) is 94.3 cm³/mol. The highest BCUT2D eigenvalue weighted by atomic mass is 35.5. The number of carbonyl (C=O) groups is 1. The van der Waals surface area contributed by atoms with Crippen molar-refractivity contribution < 1.29 is 9.90 Å². The molecular formula is C15H21Cl2N5O2.